The smallest absolute Gasteiger partial charge is 0.137 e. The van der Waals surface area contributed by atoms with Crippen molar-refractivity contribution >= 4 is 11.6 Å². The van der Waals surface area contributed by atoms with Crippen LogP contribution in [0.1, 0.15) is 5.69 Å². The monoisotopic (exact) mass is 316 g/mol. The van der Waals surface area contributed by atoms with Gasteiger partial charge in [0.2, 0.25) is 0 Å². The Kier molecular flexibility index (Phi) is 4.04. The molecule has 0 spiro atoms. The molecule has 0 amide bonds. The molecule has 6 nitrogen and oxygen atoms in total. The molecule has 0 bridgehead atoms. The number of nitrogens with zero attached hydrogens (tertiary/aromatic N) is 4. The van der Waals surface area contributed by atoms with E-state index in [4.69, 9.17) is 16.3 Å². The van der Waals surface area contributed by atoms with Gasteiger partial charge in [0.05, 0.1) is 24.4 Å². The van der Waals surface area contributed by atoms with E-state index in [0.717, 1.165) is 11.3 Å². The number of aromatic nitrogens is 4. The van der Waals surface area contributed by atoms with Crippen molar-refractivity contribution in [3.63, 3.8) is 0 Å². The van der Waals surface area contributed by atoms with Crippen LogP contribution in [0.4, 0.5) is 0 Å². The van der Waals surface area contributed by atoms with Gasteiger partial charge >= 0.3 is 0 Å². The molecule has 2 aromatic heterocycles. The molecule has 0 unspecified atom stereocenters. The highest BCUT2D eigenvalue weighted by atomic mass is 35.5. The number of hydrogen-bond donors (Lipinski definition) is 1. The Bertz CT molecular complexity index is 789. The third-order valence-corrected chi connectivity index (χ3v) is 3.50. The second-order valence-electron chi connectivity index (χ2n) is 4.52. The first kappa shape index (κ1) is 14.5. The minimum Gasteiger partial charge on any atom is -0.495 e. The highest BCUT2D eigenvalue weighted by molar-refractivity contribution is 6.32. The predicted molar refractivity (Wildman–Crippen MR) is 82.1 cm³/mol. The topological polar surface area (TPSA) is 73.1 Å². The van der Waals surface area contributed by atoms with E-state index in [9.17, 15) is 5.11 Å². The van der Waals surface area contributed by atoms with Gasteiger partial charge in [-0.3, -0.25) is 4.98 Å². The molecule has 0 atom stereocenters. The molecule has 2 heterocycles. The van der Waals surface area contributed by atoms with Gasteiger partial charge in [0.25, 0.3) is 0 Å². The molecule has 22 heavy (non-hydrogen) atoms. The molecule has 0 aliphatic heterocycles. The number of rotatable bonds is 4. The number of pyridine rings is 1. The molecule has 3 aromatic rings. The summed E-state index contributed by atoms with van der Waals surface area (Å²) in [7, 11) is 1.56. The first-order chi connectivity index (χ1) is 10.7. The van der Waals surface area contributed by atoms with E-state index in [-0.39, 0.29) is 6.61 Å². The number of aliphatic hydroxyl groups excluding tert-OH is 1. The molecule has 3 rings (SSSR count). The molecule has 0 aliphatic carbocycles. The molecular weight excluding hydrogens is 304 g/mol. The van der Waals surface area contributed by atoms with E-state index in [1.165, 1.54) is 0 Å². The maximum absolute atomic E-state index is 9.49. The summed E-state index contributed by atoms with van der Waals surface area (Å²) < 4.78 is 6.77. The van der Waals surface area contributed by atoms with Crippen molar-refractivity contribution in [3.8, 4) is 22.7 Å². The van der Waals surface area contributed by atoms with E-state index >= 15 is 0 Å². The highest BCUT2D eigenvalue weighted by Crippen LogP contribution is 2.29. The van der Waals surface area contributed by atoms with Crippen molar-refractivity contribution in [3.05, 3.63) is 53.4 Å². The third kappa shape index (κ3) is 2.54. The number of methoxy groups -OCH3 is 1. The largest absolute Gasteiger partial charge is 0.495 e. The molecule has 1 N–H and O–H groups in total. The van der Waals surface area contributed by atoms with Crippen LogP contribution in [0.3, 0.4) is 0 Å². The van der Waals surface area contributed by atoms with Crippen molar-refractivity contribution in [1.82, 2.24) is 20.0 Å². The van der Waals surface area contributed by atoms with Crippen LogP contribution in [0, 0.1) is 0 Å². The Hall–Kier alpha value is -2.44. The van der Waals surface area contributed by atoms with E-state index in [2.05, 4.69) is 15.3 Å². The van der Waals surface area contributed by atoms with Crippen molar-refractivity contribution in [1.29, 1.82) is 0 Å². The molecule has 0 aliphatic rings. The maximum Gasteiger partial charge on any atom is 0.137 e. The van der Waals surface area contributed by atoms with Crippen LogP contribution < -0.4 is 4.74 Å². The Morgan fingerprint density at radius 2 is 2.18 bits per heavy atom. The number of halogens is 1. The van der Waals surface area contributed by atoms with Gasteiger partial charge in [0.15, 0.2) is 0 Å². The molecule has 1 aromatic carbocycles. The molecule has 0 saturated heterocycles. The SMILES string of the molecule is COc1ccc(-n2nnc(CO)c2-c2cccnc2)cc1Cl. The van der Waals surface area contributed by atoms with Gasteiger partial charge in [0.1, 0.15) is 17.1 Å². The van der Waals surface area contributed by atoms with Gasteiger partial charge in [-0.15, -0.1) is 5.10 Å². The van der Waals surface area contributed by atoms with Crippen LogP contribution in [-0.2, 0) is 6.61 Å². The van der Waals surface area contributed by atoms with Gasteiger partial charge in [0, 0.05) is 18.0 Å². The van der Waals surface area contributed by atoms with Crippen LogP contribution >= 0.6 is 11.6 Å². The summed E-state index contributed by atoms with van der Waals surface area (Å²) in [5.74, 6) is 0.579. The zero-order valence-corrected chi connectivity index (χ0v) is 12.5. The molecule has 7 heteroatoms. The van der Waals surface area contributed by atoms with Gasteiger partial charge in [-0.1, -0.05) is 16.8 Å². The van der Waals surface area contributed by atoms with Crippen LogP contribution in [0.2, 0.25) is 5.02 Å². The Morgan fingerprint density at radius 1 is 1.32 bits per heavy atom. The number of aliphatic hydroxyl groups is 1. The number of ether oxygens (including phenoxy) is 1. The maximum atomic E-state index is 9.49. The second-order valence-corrected chi connectivity index (χ2v) is 4.92. The van der Waals surface area contributed by atoms with Crippen LogP contribution in [0.5, 0.6) is 5.75 Å². The first-order valence-corrected chi connectivity index (χ1v) is 6.92. The van der Waals surface area contributed by atoms with E-state index < -0.39 is 0 Å². The van der Waals surface area contributed by atoms with Crippen LogP contribution in [0.25, 0.3) is 16.9 Å². The van der Waals surface area contributed by atoms with Gasteiger partial charge in [-0.05, 0) is 30.3 Å². The van der Waals surface area contributed by atoms with Crippen molar-refractivity contribution in [2.75, 3.05) is 7.11 Å². The molecule has 0 fully saturated rings. The van der Waals surface area contributed by atoms with Crippen LogP contribution in [-0.4, -0.2) is 32.2 Å². The predicted octanol–water partition coefficient (Wildman–Crippen LogP) is 2.48. The molecule has 0 radical (unpaired) electrons. The van der Waals surface area contributed by atoms with Gasteiger partial charge < -0.3 is 9.84 Å². The summed E-state index contributed by atoms with van der Waals surface area (Å²) in [5.41, 5.74) is 2.68. The zero-order chi connectivity index (χ0) is 15.5. The standard InChI is InChI=1S/C15H13ClN4O2/c1-22-14-5-4-11(7-12(14)16)20-15(13(9-21)18-19-20)10-3-2-6-17-8-10/h2-8,21H,9H2,1H3. The number of benzene rings is 1. The minimum atomic E-state index is -0.214. The lowest BCUT2D eigenvalue weighted by Gasteiger charge is -2.09. The normalized spacial score (nSPS) is 10.7. The lowest BCUT2D eigenvalue weighted by atomic mass is 10.1. The molecular formula is C15H13ClN4O2. The minimum absolute atomic E-state index is 0.214. The second kappa shape index (κ2) is 6.13. The van der Waals surface area contributed by atoms with E-state index in [1.807, 2.05) is 18.2 Å². The van der Waals surface area contributed by atoms with Crippen LogP contribution in [0.15, 0.2) is 42.7 Å². The fourth-order valence-electron chi connectivity index (χ4n) is 2.18. The Labute approximate surface area is 132 Å². The summed E-state index contributed by atoms with van der Waals surface area (Å²) in [5, 5.41) is 18.1. The lowest BCUT2D eigenvalue weighted by molar-refractivity contribution is 0.277. The van der Waals surface area contributed by atoms with E-state index in [0.29, 0.717) is 22.2 Å². The summed E-state index contributed by atoms with van der Waals surface area (Å²) in [4.78, 5) is 4.10. The van der Waals surface area contributed by atoms with Gasteiger partial charge in [-0.2, -0.15) is 0 Å². The summed E-state index contributed by atoms with van der Waals surface area (Å²) in [6.07, 6.45) is 3.37. The molecule has 0 saturated carbocycles. The third-order valence-electron chi connectivity index (χ3n) is 3.20. The zero-order valence-electron chi connectivity index (χ0n) is 11.8. The van der Waals surface area contributed by atoms with E-state index in [1.54, 1.807) is 36.3 Å². The number of hydrogen-bond acceptors (Lipinski definition) is 5. The van der Waals surface area contributed by atoms with Crippen molar-refractivity contribution in [2.24, 2.45) is 0 Å². The first-order valence-electron chi connectivity index (χ1n) is 6.54. The average molecular weight is 317 g/mol. The quantitative estimate of drug-likeness (QED) is 0.800. The molecule has 112 valence electrons. The summed E-state index contributed by atoms with van der Waals surface area (Å²) in [6.45, 7) is -0.214. The fourth-order valence-corrected chi connectivity index (χ4v) is 2.43. The van der Waals surface area contributed by atoms with Gasteiger partial charge in [-0.25, -0.2) is 4.68 Å². The summed E-state index contributed by atoms with van der Waals surface area (Å²) in [6, 6.07) is 9.00. The summed E-state index contributed by atoms with van der Waals surface area (Å²) >= 11 is 6.17. The highest BCUT2D eigenvalue weighted by Gasteiger charge is 2.16. The Morgan fingerprint density at radius 3 is 2.82 bits per heavy atom. The Balaban J connectivity index is 2.16. The van der Waals surface area contributed by atoms with Crippen molar-refractivity contribution in [2.45, 2.75) is 6.61 Å². The fraction of sp³-hybridized carbons (Fsp3) is 0.133. The lowest BCUT2D eigenvalue weighted by Crippen LogP contribution is -2.01. The van der Waals surface area contributed by atoms with Crippen molar-refractivity contribution < 1.29 is 9.84 Å². The average Bonchev–Trinajstić information content (AvgIpc) is 2.99.